The third-order valence-corrected chi connectivity index (χ3v) is 5.11. The van der Waals surface area contributed by atoms with Crippen molar-refractivity contribution in [2.75, 3.05) is 0 Å². The lowest BCUT2D eigenvalue weighted by Gasteiger charge is -2.17. The van der Waals surface area contributed by atoms with E-state index in [1.165, 1.54) is 11.6 Å². The molecule has 0 aromatic heterocycles. The molecule has 1 N–H and O–H groups in total. The second-order valence-electron chi connectivity index (χ2n) is 6.90. The van der Waals surface area contributed by atoms with Crippen molar-refractivity contribution in [3.05, 3.63) is 100 Å². The number of halogens is 2. The Morgan fingerprint density at radius 3 is 2.50 bits per heavy atom. The number of hydrogen-bond donors (Lipinski definition) is 1. The monoisotopic (exact) mass is 397 g/mol. The largest absolute Gasteiger partial charge is 0.488 e. The van der Waals surface area contributed by atoms with Gasteiger partial charge in [0.2, 0.25) is 0 Å². The summed E-state index contributed by atoms with van der Waals surface area (Å²) in [6.07, 6.45) is 2.09. The Morgan fingerprint density at radius 1 is 0.964 bits per heavy atom. The first-order valence-electron chi connectivity index (χ1n) is 9.54. The minimum Gasteiger partial charge on any atom is -0.488 e. The first-order chi connectivity index (χ1) is 13.6. The van der Waals surface area contributed by atoms with Gasteiger partial charge in [-0.1, -0.05) is 66.2 Å². The highest BCUT2D eigenvalue weighted by molar-refractivity contribution is 6.31. The number of rotatable bonds is 9. The second-order valence-corrected chi connectivity index (χ2v) is 7.31. The number of nitrogens with one attached hydrogen (secondary N) is 1. The highest BCUT2D eigenvalue weighted by Crippen LogP contribution is 2.24. The van der Waals surface area contributed by atoms with E-state index in [0.29, 0.717) is 23.2 Å². The van der Waals surface area contributed by atoms with E-state index in [4.69, 9.17) is 16.3 Å². The molecule has 0 saturated heterocycles. The Balaban J connectivity index is 1.55. The maximum atomic E-state index is 14.0. The lowest BCUT2D eigenvalue weighted by atomic mass is 10.1. The topological polar surface area (TPSA) is 21.3 Å². The molecule has 0 saturated carbocycles. The van der Waals surface area contributed by atoms with Crippen LogP contribution in [0.15, 0.2) is 72.8 Å². The van der Waals surface area contributed by atoms with Crippen LogP contribution in [-0.2, 0) is 19.6 Å². The Kier molecular flexibility index (Phi) is 7.46. The third-order valence-electron chi connectivity index (χ3n) is 4.76. The molecule has 3 rings (SSSR count). The summed E-state index contributed by atoms with van der Waals surface area (Å²) in [5.74, 6) is 0.391. The van der Waals surface area contributed by atoms with Crippen molar-refractivity contribution in [2.24, 2.45) is 0 Å². The number of hydrogen-bond acceptors (Lipinski definition) is 2. The molecule has 0 heterocycles. The van der Waals surface area contributed by atoms with E-state index in [9.17, 15) is 4.39 Å². The van der Waals surface area contributed by atoms with Crippen LogP contribution >= 0.6 is 11.6 Å². The van der Waals surface area contributed by atoms with Gasteiger partial charge in [-0.15, -0.1) is 0 Å². The van der Waals surface area contributed by atoms with Gasteiger partial charge in [-0.2, -0.15) is 0 Å². The number of ether oxygens (including phenoxy) is 1. The summed E-state index contributed by atoms with van der Waals surface area (Å²) in [6.45, 7) is 2.98. The van der Waals surface area contributed by atoms with Gasteiger partial charge in [-0.05, 0) is 43.5 Å². The first-order valence-corrected chi connectivity index (χ1v) is 9.92. The molecular weight excluding hydrogens is 373 g/mol. The van der Waals surface area contributed by atoms with E-state index in [1.54, 1.807) is 12.1 Å². The molecule has 146 valence electrons. The van der Waals surface area contributed by atoms with E-state index in [0.717, 1.165) is 24.2 Å². The fraction of sp³-hybridized carbons (Fsp3) is 0.250. The van der Waals surface area contributed by atoms with Crippen molar-refractivity contribution in [3.8, 4) is 5.75 Å². The minimum absolute atomic E-state index is 0.103. The Morgan fingerprint density at radius 2 is 1.71 bits per heavy atom. The molecule has 4 heteroatoms. The number of aryl methyl sites for hydroxylation is 1. The molecule has 0 radical (unpaired) electrons. The molecule has 28 heavy (non-hydrogen) atoms. The van der Waals surface area contributed by atoms with Gasteiger partial charge in [0.1, 0.15) is 18.2 Å². The van der Waals surface area contributed by atoms with Gasteiger partial charge in [-0.3, -0.25) is 0 Å². The third kappa shape index (κ3) is 5.82. The Bertz CT molecular complexity index is 865. The van der Waals surface area contributed by atoms with Crippen molar-refractivity contribution in [2.45, 2.75) is 39.0 Å². The lowest BCUT2D eigenvalue weighted by molar-refractivity contribution is 0.295. The predicted molar refractivity (Wildman–Crippen MR) is 113 cm³/mol. The van der Waals surface area contributed by atoms with Crippen LogP contribution in [0.4, 0.5) is 4.39 Å². The zero-order valence-electron chi connectivity index (χ0n) is 16.0. The van der Waals surface area contributed by atoms with Crippen molar-refractivity contribution in [3.63, 3.8) is 0 Å². The predicted octanol–water partition coefficient (Wildman–Crippen LogP) is 6.17. The summed E-state index contributed by atoms with van der Waals surface area (Å²) >= 11 is 6.09. The van der Waals surface area contributed by atoms with Crippen molar-refractivity contribution >= 4 is 11.6 Å². The fourth-order valence-corrected chi connectivity index (χ4v) is 3.24. The van der Waals surface area contributed by atoms with Gasteiger partial charge in [0, 0.05) is 23.7 Å². The van der Waals surface area contributed by atoms with Gasteiger partial charge >= 0.3 is 0 Å². The van der Waals surface area contributed by atoms with E-state index in [2.05, 4.69) is 36.5 Å². The van der Waals surface area contributed by atoms with E-state index >= 15 is 0 Å². The number of benzene rings is 3. The Hall–Kier alpha value is -2.36. The molecular formula is C24H25ClFNO. The van der Waals surface area contributed by atoms with E-state index < -0.39 is 0 Å². The van der Waals surface area contributed by atoms with Crippen molar-refractivity contribution < 1.29 is 9.13 Å². The van der Waals surface area contributed by atoms with Gasteiger partial charge < -0.3 is 10.1 Å². The van der Waals surface area contributed by atoms with Gasteiger partial charge in [0.15, 0.2) is 0 Å². The maximum absolute atomic E-state index is 14.0. The molecule has 0 bridgehead atoms. The summed E-state index contributed by atoms with van der Waals surface area (Å²) in [7, 11) is 0. The molecule has 1 atom stereocenters. The van der Waals surface area contributed by atoms with Crippen LogP contribution in [0.2, 0.25) is 5.02 Å². The van der Waals surface area contributed by atoms with Gasteiger partial charge in [0.25, 0.3) is 0 Å². The van der Waals surface area contributed by atoms with Crippen LogP contribution < -0.4 is 10.1 Å². The SMILES string of the molecule is C[C@@H](CCc1ccccc1)NCc1ccccc1OCc1c(F)cccc1Cl. The lowest BCUT2D eigenvalue weighted by Crippen LogP contribution is -2.26. The van der Waals surface area contributed by atoms with Crippen LogP contribution in [0, 0.1) is 5.82 Å². The molecule has 0 amide bonds. The number of para-hydroxylation sites is 1. The average Bonchev–Trinajstić information content (AvgIpc) is 2.72. The first kappa shape index (κ1) is 20.4. The minimum atomic E-state index is -0.349. The van der Waals surface area contributed by atoms with E-state index in [1.807, 2.05) is 30.3 Å². The van der Waals surface area contributed by atoms with Gasteiger partial charge in [0.05, 0.1) is 5.02 Å². The zero-order valence-corrected chi connectivity index (χ0v) is 16.8. The molecule has 0 fully saturated rings. The van der Waals surface area contributed by atoms with Crippen molar-refractivity contribution in [1.29, 1.82) is 0 Å². The Labute approximate surface area is 171 Å². The fourth-order valence-electron chi connectivity index (χ4n) is 3.02. The summed E-state index contributed by atoms with van der Waals surface area (Å²) in [6, 6.07) is 23.3. The molecule has 2 nitrogen and oxygen atoms in total. The molecule has 0 aliphatic carbocycles. The standard InChI is InChI=1S/C24H25ClFNO/c1-18(14-15-19-8-3-2-4-9-19)27-16-20-10-5-6-13-24(20)28-17-21-22(25)11-7-12-23(21)26/h2-13,18,27H,14-17H2,1H3/t18-/m0/s1. The molecule has 3 aromatic carbocycles. The van der Waals surface area contributed by atoms with Gasteiger partial charge in [-0.25, -0.2) is 4.39 Å². The molecule has 0 aliphatic rings. The quantitative estimate of drug-likeness (QED) is 0.466. The highest BCUT2D eigenvalue weighted by atomic mass is 35.5. The molecule has 3 aromatic rings. The maximum Gasteiger partial charge on any atom is 0.131 e. The van der Waals surface area contributed by atoms with Crippen molar-refractivity contribution in [1.82, 2.24) is 5.32 Å². The van der Waals surface area contributed by atoms with Crippen LogP contribution in [0.5, 0.6) is 5.75 Å². The summed E-state index contributed by atoms with van der Waals surface area (Å²) in [5.41, 5.74) is 2.77. The summed E-state index contributed by atoms with van der Waals surface area (Å²) in [4.78, 5) is 0. The van der Waals surface area contributed by atoms with Crippen LogP contribution in [-0.4, -0.2) is 6.04 Å². The average molecular weight is 398 g/mol. The smallest absolute Gasteiger partial charge is 0.131 e. The second kappa shape index (κ2) is 10.3. The summed E-state index contributed by atoms with van der Waals surface area (Å²) < 4.78 is 19.8. The molecule has 0 aliphatic heterocycles. The normalized spacial score (nSPS) is 12.0. The highest BCUT2D eigenvalue weighted by Gasteiger charge is 2.10. The molecule has 0 unspecified atom stereocenters. The summed E-state index contributed by atoms with van der Waals surface area (Å²) in [5, 5.41) is 3.93. The van der Waals surface area contributed by atoms with Crippen LogP contribution in [0.3, 0.4) is 0 Å². The molecule has 0 spiro atoms. The van der Waals surface area contributed by atoms with Crippen LogP contribution in [0.25, 0.3) is 0 Å². The zero-order chi connectivity index (χ0) is 19.8. The van der Waals surface area contributed by atoms with Crippen LogP contribution in [0.1, 0.15) is 30.0 Å². The van der Waals surface area contributed by atoms with E-state index in [-0.39, 0.29) is 12.4 Å².